The summed E-state index contributed by atoms with van der Waals surface area (Å²) in [6.07, 6.45) is 2.44. The average molecular weight is 436 g/mol. The molecular formula is C22H27Cl2N3O2. The molecule has 2 aromatic rings. The van der Waals surface area contributed by atoms with Gasteiger partial charge in [-0.3, -0.25) is 9.59 Å². The number of benzene rings is 2. The van der Waals surface area contributed by atoms with E-state index in [2.05, 4.69) is 16.0 Å². The predicted molar refractivity (Wildman–Crippen MR) is 119 cm³/mol. The highest BCUT2D eigenvalue weighted by molar-refractivity contribution is 6.33. The maximum atomic E-state index is 12.7. The summed E-state index contributed by atoms with van der Waals surface area (Å²) in [6, 6.07) is 16.0. The molecule has 0 bridgehead atoms. The van der Waals surface area contributed by atoms with E-state index >= 15 is 0 Å². The van der Waals surface area contributed by atoms with Gasteiger partial charge in [0.05, 0.1) is 23.0 Å². The van der Waals surface area contributed by atoms with E-state index in [1.54, 1.807) is 24.3 Å². The van der Waals surface area contributed by atoms with Gasteiger partial charge in [0.1, 0.15) is 0 Å². The molecule has 1 aliphatic heterocycles. The second-order valence-electron chi connectivity index (χ2n) is 7.14. The van der Waals surface area contributed by atoms with Crippen LogP contribution in [0.5, 0.6) is 0 Å². The van der Waals surface area contributed by atoms with Crippen molar-refractivity contribution >= 4 is 35.8 Å². The van der Waals surface area contributed by atoms with Crippen molar-refractivity contribution in [2.75, 3.05) is 19.6 Å². The topological polar surface area (TPSA) is 70.2 Å². The summed E-state index contributed by atoms with van der Waals surface area (Å²) in [5.41, 5.74) is 1.29. The number of rotatable bonds is 7. The summed E-state index contributed by atoms with van der Waals surface area (Å²) < 4.78 is 0. The van der Waals surface area contributed by atoms with Crippen molar-refractivity contribution in [2.24, 2.45) is 5.92 Å². The molecule has 0 aliphatic carbocycles. The number of hydrogen-bond donors (Lipinski definition) is 3. The van der Waals surface area contributed by atoms with Gasteiger partial charge >= 0.3 is 0 Å². The first-order valence-corrected chi connectivity index (χ1v) is 10.1. The lowest BCUT2D eigenvalue weighted by molar-refractivity contribution is -0.121. The molecule has 1 aliphatic rings. The quantitative estimate of drug-likeness (QED) is 0.620. The molecule has 1 heterocycles. The van der Waals surface area contributed by atoms with Crippen molar-refractivity contribution in [1.82, 2.24) is 16.0 Å². The van der Waals surface area contributed by atoms with Crippen LogP contribution in [-0.4, -0.2) is 31.4 Å². The third-order valence-electron chi connectivity index (χ3n) is 5.00. The summed E-state index contributed by atoms with van der Waals surface area (Å²) in [4.78, 5) is 25.2. The summed E-state index contributed by atoms with van der Waals surface area (Å²) in [6.45, 7) is 2.64. The van der Waals surface area contributed by atoms with Gasteiger partial charge in [0.2, 0.25) is 5.91 Å². The van der Waals surface area contributed by atoms with E-state index in [0.29, 0.717) is 23.0 Å². The Hall–Kier alpha value is -2.08. The Bertz CT molecular complexity index is 796. The van der Waals surface area contributed by atoms with E-state index in [1.807, 2.05) is 30.3 Å². The molecule has 2 atom stereocenters. The summed E-state index contributed by atoms with van der Waals surface area (Å²) in [5.74, 6) is 0.105. The van der Waals surface area contributed by atoms with E-state index < -0.39 is 6.04 Å². The lowest BCUT2D eigenvalue weighted by atomic mass is 9.99. The van der Waals surface area contributed by atoms with Gasteiger partial charge in [-0.25, -0.2) is 0 Å². The molecule has 2 unspecified atom stereocenters. The molecule has 7 heteroatoms. The molecule has 2 aromatic carbocycles. The van der Waals surface area contributed by atoms with Gasteiger partial charge in [0.15, 0.2) is 0 Å². The molecule has 5 nitrogen and oxygen atoms in total. The van der Waals surface area contributed by atoms with Crippen molar-refractivity contribution in [3.8, 4) is 0 Å². The van der Waals surface area contributed by atoms with Crippen LogP contribution in [-0.2, 0) is 4.79 Å². The number of hydrogen-bond acceptors (Lipinski definition) is 3. The Morgan fingerprint density at radius 1 is 1.10 bits per heavy atom. The molecule has 2 amide bonds. The number of amides is 2. The van der Waals surface area contributed by atoms with E-state index in [0.717, 1.165) is 31.5 Å². The van der Waals surface area contributed by atoms with Gasteiger partial charge in [-0.15, -0.1) is 12.4 Å². The van der Waals surface area contributed by atoms with Crippen LogP contribution in [0.15, 0.2) is 54.6 Å². The lowest BCUT2D eigenvalue weighted by Gasteiger charge is -2.24. The molecule has 29 heavy (non-hydrogen) atoms. The Morgan fingerprint density at radius 3 is 2.52 bits per heavy atom. The minimum Gasteiger partial charge on any atom is -0.356 e. The Kier molecular flexibility index (Phi) is 9.45. The fourth-order valence-corrected chi connectivity index (χ4v) is 3.65. The van der Waals surface area contributed by atoms with Crippen LogP contribution in [0.2, 0.25) is 5.02 Å². The van der Waals surface area contributed by atoms with Crippen molar-refractivity contribution < 1.29 is 9.59 Å². The van der Waals surface area contributed by atoms with Gasteiger partial charge < -0.3 is 16.0 Å². The molecule has 1 saturated heterocycles. The van der Waals surface area contributed by atoms with Crippen LogP contribution in [0.4, 0.5) is 0 Å². The van der Waals surface area contributed by atoms with Gasteiger partial charge in [-0.1, -0.05) is 54.1 Å². The zero-order chi connectivity index (χ0) is 19.8. The zero-order valence-electron chi connectivity index (χ0n) is 16.2. The number of carbonyl (C=O) groups excluding carboxylic acids is 2. The second kappa shape index (κ2) is 11.8. The predicted octanol–water partition coefficient (Wildman–Crippen LogP) is 3.74. The van der Waals surface area contributed by atoms with Gasteiger partial charge in [-0.2, -0.15) is 0 Å². The van der Waals surface area contributed by atoms with Crippen molar-refractivity contribution in [3.05, 3.63) is 70.7 Å². The maximum Gasteiger partial charge on any atom is 0.253 e. The first-order valence-electron chi connectivity index (χ1n) is 9.71. The monoisotopic (exact) mass is 435 g/mol. The highest BCUT2D eigenvalue weighted by atomic mass is 35.5. The number of piperidine rings is 1. The largest absolute Gasteiger partial charge is 0.356 e. The minimum absolute atomic E-state index is 0. The molecule has 156 valence electrons. The number of carbonyl (C=O) groups is 2. The zero-order valence-corrected chi connectivity index (χ0v) is 17.8. The molecular weight excluding hydrogens is 409 g/mol. The molecule has 3 N–H and O–H groups in total. The summed E-state index contributed by atoms with van der Waals surface area (Å²) in [7, 11) is 0. The Balaban J connectivity index is 0.00000300. The van der Waals surface area contributed by atoms with Crippen LogP contribution in [0, 0.1) is 5.92 Å². The molecule has 0 radical (unpaired) electrons. The number of halogens is 2. The molecule has 3 rings (SSSR count). The van der Waals surface area contributed by atoms with E-state index in [4.69, 9.17) is 11.6 Å². The van der Waals surface area contributed by atoms with Crippen LogP contribution in [0.25, 0.3) is 0 Å². The minimum atomic E-state index is -0.422. The number of nitrogens with one attached hydrogen (secondary N) is 3. The SMILES string of the molecule is Cl.O=C(CC(NC(=O)c1ccccc1Cl)c1ccccc1)NCC1CCCNC1. The summed E-state index contributed by atoms with van der Waals surface area (Å²) >= 11 is 6.14. The normalized spacial score (nSPS) is 16.9. The third kappa shape index (κ3) is 7.03. The van der Waals surface area contributed by atoms with Gasteiger partial charge in [-0.05, 0) is 49.5 Å². The Labute approximate surface area is 183 Å². The first-order chi connectivity index (χ1) is 13.6. The fraction of sp³-hybridized carbons (Fsp3) is 0.364. The van der Waals surface area contributed by atoms with E-state index in [-0.39, 0.29) is 30.6 Å². The van der Waals surface area contributed by atoms with Gasteiger partial charge in [0.25, 0.3) is 5.91 Å². The second-order valence-corrected chi connectivity index (χ2v) is 7.54. The lowest BCUT2D eigenvalue weighted by Crippen LogP contribution is -2.39. The van der Waals surface area contributed by atoms with Crippen molar-refractivity contribution in [1.29, 1.82) is 0 Å². The molecule has 0 aromatic heterocycles. The van der Waals surface area contributed by atoms with E-state index in [9.17, 15) is 9.59 Å². The van der Waals surface area contributed by atoms with Gasteiger partial charge in [0, 0.05) is 6.54 Å². The molecule has 0 spiro atoms. The first kappa shape index (κ1) is 23.2. The van der Waals surface area contributed by atoms with Crippen LogP contribution >= 0.6 is 24.0 Å². The van der Waals surface area contributed by atoms with Crippen molar-refractivity contribution in [2.45, 2.75) is 25.3 Å². The highest BCUT2D eigenvalue weighted by Gasteiger charge is 2.21. The average Bonchev–Trinajstić information content (AvgIpc) is 2.73. The fourth-order valence-electron chi connectivity index (χ4n) is 3.43. The maximum absolute atomic E-state index is 12.7. The van der Waals surface area contributed by atoms with Crippen molar-refractivity contribution in [3.63, 3.8) is 0 Å². The molecule has 1 fully saturated rings. The molecule has 0 saturated carbocycles. The standard InChI is InChI=1S/C22H26ClN3O2.ClH/c23-19-11-5-4-10-18(19)22(28)26-20(17-8-2-1-3-9-17)13-21(27)25-15-16-7-6-12-24-14-16;/h1-5,8-11,16,20,24H,6-7,12-15H2,(H,25,27)(H,26,28);1H. The Morgan fingerprint density at radius 2 is 1.83 bits per heavy atom. The smallest absolute Gasteiger partial charge is 0.253 e. The third-order valence-corrected chi connectivity index (χ3v) is 5.33. The van der Waals surface area contributed by atoms with Crippen LogP contribution < -0.4 is 16.0 Å². The highest BCUT2D eigenvalue weighted by Crippen LogP contribution is 2.20. The van der Waals surface area contributed by atoms with E-state index in [1.165, 1.54) is 0 Å². The van der Waals surface area contributed by atoms with Crippen LogP contribution in [0.1, 0.15) is 41.2 Å². The van der Waals surface area contributed by atoms with Crippen LogP contribution in [0.3, 0.4) is 0 Å². The summed E-state index contributed by atoms with van der Waals surface area (Å²) in [5, 5.41) is 9.73.